The minimum Gasteiger partial charge on any atom is -0.491 e. The van der Waals surface area contributed by atoms with Crippen LogP contribution in [0.4, 0.5) is 0 Å². The Bertz CT molecular complexity index is 439. The van der Waals surface area contributed by atoms with Gasteiger partial charge in [-0.05, 0) is 37.0 Å². The van der Waals surface area contributed by atoms with Crippen LogP contribution >= 0.6 is 0 Å². The van der Waals surface area contributed by atoms with Crippen LogP contribution in [0, 0.1) is 5.92 Å². The highest BCUT2D eigenvalue weighted by Gasteiger charge is 2.16. The summed E-state index contributed by atoms with van der Waals surface area (Å²) in [5.41, 5.74) is 0.635. The van der Waals surface area contributed by atoms with Crippen molar-refractivity contribution in [3.63, 3.8) is 0 Å². The van der Waals surface area contributed by atoms with Crippen LogP contribution in [0.3, 0.4) is 0 Å². The fourth-order valence-corrected chi connectivity index (χ4v) is 2.09. The van der Waals surface area contributed by atoms with Crippen molar-refractivity contribution in [1.82, 2.24) is 5.32 Å². The fraction of sp³-hybridized carbons (Fsp3) is 0.562. The van der Waals surface area contributed by atoms with E-state index in [9.17, 15) is 4.79 Å². The number of ether oxygens (including phenoxy) is 2. The molecule has 1 aliphatic rings. The highest BCUT2D eigenvalue weighted by Crippen LogP contribution is 2.17. The van der Waals surface area contributed by atoms with Gasteiger partial charge < -0.3 is 14.8 Å². The van der Waals surface area contributed by atoms with Crippen LogP contribution < -0.4 is 10.1 Å². The Kier molecular flexibility index (Phi) is 5.41. The zero-order valence-corrected chi connectivity index (χ0v) is 12.2. The SMILES string of the molecule is CC(C)CNC(=O)c1cccc(OCC2CCCO2)c1. The highest BCUT2D eigenvalue weighted by atomic mass is 16.5. The van der Waals surface area contributed by atoms with Gasteiger partial charge in [0.2, 0.25) is 0 Å². The van der Waals surface area contributed by atoms with Crippen molar-refractivity contribution in [3.05, 3.63) is 29.8 Å². The number of carbonyl (C=O) groups is 1. The van der Waals surface area contributed by atoms with Gasteiger partial charge in [-0.3, -0.25) is 4.79 Å². The quantitative estimate of drug-likeness (QED) is 0.869. The summed E-state index contributed by atoms with van der Waals surface area (Å²) in [6.45, 7) is 6.20. The maximum atomic E-state index is 12.0. The maximum absolute atomic E-state index is 12.0. The van der Waals surface area contributed by atoms with E-state index in [1.165, 1.54) is 0 Å². The van der Waals surface area contributed by atoms with Gasteiger partial charge in [-0.1, -0.05) is 19.9 Å². The summed E-state index contributed by atoms with van der Waals surface area (Å²) in [4.78, 5) is 12.0. The van der Waals surface area contributed by atoms with Crippen LogP contribution in [0.5, 0.6) is 5.75 Å². The first-order valence-corrected chi connectivity index (χ1v) is 7.28. The number of carbonyl (C=O) groups excluding carboxylic acids is 1. The van der Waals surface area contributed by atoms with Crippen LogP contribution in [0.25, 0.3) is 0 Å². The molecule has 0 spiro atoms. The lowest BCUT2D eigenvalue weighted by Gasteiger charge is -2.12. The Morgan fingerprint density at radius 3 is 3.05 bits per heavy atom. The van der Waals surface area contributed by atoms with Gasteiger partial charge in [-0.2, -0.15) is 0 Å². The summed E-state index contributed by atoms with van der Waals surface area (Å²) in [5.74, 6) is 1.11. The van der Waals surface area contributed by atoms with Gasteiger partial charge in [0.15, 0.2) is 0 Å². The van der Waals surface area contributed by atoms with Crippen molar-refractivity contribution in [3.8, 4) is 5.75 Å². The van der Waals surface area contributed by atoms with Gasteiger partial charge in [0.05, 0.1) is 6.10 Å². The van der Waals surface area contributed by atoms with Gasteiger partial charge in [-0.25, -0.2) is 0 Å². The number of hydrogen-bond donors (Lipinski definition) is 1. The average molecular weight is 277 g/mol. The van der Waals surface area contributed by atoms with E-state index in [4.69, 9.17) is 9.47 Å². The Hall–Kier alpha value is -1.55. The lowest BCUT2D eigenvalue weighted by Crippen LogP contribution is -2.27. The van der Waals surface area contributed by atoms with E-state index in [1.54, 1.807) is 12.1 Å². The van der Waals surface area contributed by atoms with E-state index in [-0.39, 0.29) is 12.0 Å². The molecule has 1 heterocycles. The van der Waals surface area contributed by atoms with Gasteiger partial charge >= 0.3 is 0 Å². The average Bonchev–Trinajstić information content (AvgIpc) is 2.96. The van der Waals surface area contributed by atoms with Crippen LogP contribution in [0.1, 0.15) is 37.0 Å². The van der Waals surface area contributed by atoms with E-state index < -0.39 is 0 Å². The predicted octanol–water partition coefficient (Wildman–Crippen LogP) is 2.63. The second-order valence-corrected chi connectivity index (χ2v) is 5.58. The smallest absolute Gasteiger partial charge is 0.251 e. The van der Waals surface area contributed by atoms with Gasteiger partial charge in [0, 0.05) is 18.7 Å². The lowest BCUT2D eigenvalue weighted by molar-refractivity contribution is 0.0679. The van der Waals surface area contributed by atoms with Gasteiger partial charge in [-0.15, -0.1) is 0 Å². The monoisotopic (exact) mass is 277 g/mol. The predicted molar refractivity (Wildman–Crippen MR) is 78.1 cm³/mol. The number of amides is 1. The van der Waals surface area contributed by atoms with Crippen LogP contribution in [0.15, 0.2) is 24.3 Å². The molecule has 1 fully saturated rings. The lowest BCUT2D eigenvalue weighted by atomic mass is 10.2. The molecule has 110 valence electrons. The Morgan fingerprint density at radius 1 is 1.50 bits per heavy atom. The first-order chi connectivity index (χ1) is 9.65. The van der Waals surface area contributed by atoms with Crippen molar-refractivity contribution in [2.75, 3.05) is 19.8 Å². The Balaban J connectivity index is 1.87. The second kappa shape index (κ2) is 7.29. The largest absolute Gasteiger partial charge is 0.491 e. The van der Waals surface area contributed by atoms with Gasteiger partial charge in [0.25, 0.3) is 5.91 Å². The standard InChI is InChI=1S/C16H23NO3/c1-12(2)10-17-16(18)13-5-3-6-14(9-13)20-11-15-7-4-8-19-15/h3,5-6,9,12,15H,4,7-8,10-11H2,1-2H3,(H,17,18). The molecule has 1 N–H and O–H groups in total. The Labute approximate surface area is 120 Å². The molecule has 1 unspecified atom stereocenters. The Morgan fingerprint density at radius 2 is 2.35 bits per heavy atom. The molecule has 0 aliphatic carbocycles. The zero-order valence-electron chi connectivity index (χ0n) is 12.2. The molecule has 0 saturated carbocycles. The minimum absolute atomic E-state index is 0.0544. The highest BCUT2D eigenvalue weighted by molar-refractivity contribution is 5.94. The van der Waals surface area contributed by atoms with Crippen LogP contribution in [0.2, 0.25) is 0 Å². The minimum atomic E-state index is -0.0544. The summed E-state index contributed by atoms with van der Waals surface area (Å²) in [6, 6.07) is 7.29. The van der Waals surface area contributed by atoms with Crippen molar-refractivity contribution in [2.45, 2.75) is 32.8 Å². The molecule has 4 nitrogen and oxygen atoms in total. The van der Waals surface area contributed by atoms with Crippen molar-refractivity contribution < 1.29 is 14.3 Å². The fourth-order valence-electron chi connectivity index (χ4n) is 2.09. The number of rotatable bonds is 6. The molecule has 1 atom stereocenters. The molecule has 0 bridgehead atoms. The van der Waals surface area contributed by atoms with E-state index in [0.717, 1.165) is 25.2 Å². The number of nitrogens with one attached hydrogen (secondary N) is 1. The third-order valence-corrected chi connectivity index (χ3v) is 3.23. The summed E-state index contributed by atoms with van der Waals surface area (Å²) in [6.07, 6.45) is 2.34. The number of benzene rings is 1. The van der Waals surface area contributed by atoms with E-state index in [1.807, 2.05) is 12.1 Å². The normalized spacial score (nSPS) is 18.2. The third-order valence-electron chi connectivity index (χ3n) is 3.23. The summed E-state index contributed by atoms with van der Waals surface area (Å²) >= 11 is 0. The molecule has 0 radical (unpaired) electrons. The summed E-state index contributed by atoms with van der Waals surface area (Å²) < 4.78 is 11.2. The topological polar surface area (TPSA) is 47.6 Å². The zero-order chi connectivity index (χ0) is 14.4. The van der Waals surface area contributed by atoms with E-state index in [2.05, 4.69) is 19.2 Å². The summed E-state index contributed by atoms with van der Waals surface area (Å²) in [5, 5.41) is 2.90. The molecule has 0 aromatic heterocycles. The van der Waals surface area contributed by atoms with E-state index >= 15 is 0 Å². The molecule has 2 rings (SSSR count). The summed E-state index contributed by atoms with van der Waals surface area (Å²) in [7, 11) is 0. The number of hydrogen-bond acceptors (Lipinski definition) is 3. The molecular weight excluding hydrogens is 254 g/mol. The maximum Gasteiger partial charge on any atom is 0.251 e. The van der Waals surface area contributed by atoms with Crippen molar-refractivity contribution in [2.24, 2.45) is 5.92 Å². The molecule has 1 amide bonds. The first kappa shape index (κ1) is 14.9. The van der Waals surface area contributed by atoms with E-state index in [0.29, 0.717) is 24.6 Å². The third kappa shape index (κ3) is 4.53. The molecular formula is C16H23NO3. The first-order valence-electron chi connectivity index (χ1n) is 7.28. The molecule has 1 saturated heterocycles. The molecule has 1 aromatic rings. The van der Waals surface area contributed by atoms with Crippen molar-refractivity contribution >= 4 is 5.91 Å². The molecule has 1 aliphatic heterocycles. The van der Waals surface area contributed by atoms with Crippen LogP contribution in [-0.2, 0) is 4.74 Å². The van der Waals surface area contributed by atoms with Crippen molar-refractivity contribution in [1.29, 1.82) is 0 Å². The van der Waals surface area contributed by atoms with Crippen LogP contribution in [-0.4, -0.2) is 31.8 Å². The molecule has 20 heavy (non-hydrogen) atoms. The second-order valence-electron chi connectivity index (χ2n) is 5.58. The van der Waals surface area contributed by atoms with Gasteiger partial charge in [0.1, 0.15) is 12.4 Å². The molecule has 1 aromatic carbocycles. The molecule has 4 heteroatoms.